The molecular weight excluding hydrogens is 334 g/mol. The van der Waals surface area contributed by atoms with Gasteiger partial charge in [-0.25, -0.2) is 9.48 Å². The third-order valence-corrected chi connectivity index (χ3v) is 5.07. The fraction of sp³-hybridized carbons (Fsp3) is 0.474. The summed E-state index contributed by atoms with van der Waals surface area (Å²) in [6, 6.07) is 5.53. The number of rotatable bonds is 5. The van der Waals surface area contributed by atoms with Crippen molar-refractivity contribution in [2.24, 2.45) is 5.92 Å². The van der Waals surface area contributed by atoms with Crippen LogP contribution in [0.3, 0.4) is 0 Å². The van der Waals surface area contributed by atoms with E-state index in [1.54, 1.807) is 31.2 Å². The molecule has 1 aliphatic carbocycles. The Morgan fingerprint density at radius 3 is 2.54 bits per heavy atom. The van der Waals surface area contributed by atoms with Crippen LogP contribution in [0.1, 0.15) is 55.6 Å². The highest BCUT2D eigenvalue weighted by Gasteiger charge is 2.23. The van der Waals surface area contributed by atoms with Crippen molar-refractivity contribution in [3.05, 3.63) is 40.3 Å². The Kier molecular flexibility index (Phi) is 5.35. The molecule has 7 heteroatoms. The number of carboxylic acid groups (broad SMARTS) is 1. The van der Waals surface area contributed by atoms with Gasteiger partial charge in [-0.1, -0.05) is 37.5 Å². The van der Waals surface area contributed by atoms with Crippen LogP contribution in [0.5, 0.6) is 0 Å². The highest BCUT2D eigenvalue weighted by Crippen LogP contribution is 2.23. The molecule has 3 rings (SSSR count). The second-order valence-electron chi connectivity index (χ2n) is 6.87. The number of hydrogen-bond donors (Lipinski definition) is 2. The molecule has 1 fully saturated rings. The van der Waals surface area contributed by atoms with Gasteiger partial charge in [0.1, 0.15) is 6.04 Å². The van der Waals surface area contributed by atoms with Gasteiger partial charge in [0, 0.05) is 11.9 Å². The van der Waals surface area contributed by atoms with Gasteiger partial charge in [0.25, 0.3) is 5.56 Å². The molecule has 1 amide bonds. The molecule has 0 bridgehead atoms. The van der Waals surface area contributed by atoms with Crippen LogP contribution in [0, 0.1) is 5.92 Å². The number of carboxylic acids is 1. The van der Waals surface area contributed by atoms with Crippen molar-refractivity contribution in [3.63, 3.8) is 0 Å². The second kappa shape index (κ2) is 7.68. The molecule has 2 N–H and O–H groups in total. The van der Waals surface area contributed by atoms with E-state index < -0.39 is 17.6 Å². The average molecular weight is 357 g/mol. The Morgan fingerprint density at radius 1 is 1.23 bits per heavy atom. The third-order valence-electron chi connectivity index (χ3n) is 5.07. The zero-order valence-electron chi connectivity index (χ0n) is 14.8. The van der Waals surface area contributed by atoms with Crippen molar-refractivity contribution < 1.29 is 14.7 Å². The largest absolute Gasteiger partial charge is 0.476 e. The lowest BCUT2D eigenvalue weighted by Crippen LogP contribution is -2.39. The summed E-state index contributed by atoms with van der Waals surface area (Å²) in [5, 5.41) is 16.8. The lowest BCUT2D eigenvalue weighted by atomic mass is 9.89. The zero-order chi connectivity index (χ0) is 18.7. The Bertz CT molecular complexity index is 884. The fourth-order valence-electron chi connectivity index (χ4n) is 3.52. The van der Waals surface area contributed by atoms with Crippen LogP contribution in [0.4, 0.5) is 0 Å². The highest BCUT2D eigenvalue weighted by atomic mass is 16.4. The number of carbonyl (C=O) groups is 2. The summed E-state index contributed by atoms with van der Waals surface area (Å²) in [6.07, 6.45) is 5.82. The van der Waals surface area contributed by atoms with E-state index in [1.165, 1.54) is 19.3 Å². The third kappa shape index (κ3) is 3.61. The number of carbonyl (C=O) groups excluding carboxylic acids is 1. The molecule has 1 unspecified atom stereocenters. The van der Waals surface area contributed by atoms with Crippen LogP contribution in [0.25, 0.3) is 10.8 Å². The fourth-order valence-corrected chi connectivity index (χ4v) is 3.52. The van der Waals surface area contributed by atoms with E-state index in [1.807, 2.05) is 0 Å². The summed E-state index contributed by atoms with van der Waals surface area (Å²) in [6.45, 7) is 2.14. The van der Waals surface area contributed by atoms with E-state index in [9.17, 15) is 19.5 Å². The molecule has 7 nitrogen and oxygen atoms in total. The summed E-state index contributed by atoms with van der Waals surface area (Å²) in [5.41, 5.74) is -0.696. The first-order chi connectivity index (χ1) is 12.5. The van der Waals surface area contributed by atoms with Gasteiger partial charge in [-0.05, 0) is 31.7 Å². The normalized spacial score (nSPS) is 16.3. The van der Waals surface area contributed by atoms with Crippen LogP contribution in [-0.4, -0.2) is 33.3 Å². The van der Waals surface area contributed by atoms with Crippen LogP contribution < -0.4 is 10.9 Å². The maximum Gasteiger partial charge on any atom is 0.357 e. The SMILES string of the molecule is CC(C(=O)NCC1CCCCC1)n1nc(C(=O)O)c2ccccc2c1=O. The van der Waals surface area contributed by atoms with Gasteiger partial charge in [-0.2, -0.15) is 5.10 Å². The lowest BCUT2D eigenvalue weighted by molar-refractivity contribution is -0.124. The predicted octanol–water partition coefficient (Wildman–Crippen LogP) is 2.35. The van der Waals surface area contributed by atoms with Gasteiger partial charge in [-0.15, -0.1) is 0 Å². The van der Waals surface area contributed by atoms with Crippen LogP contribution in [0.15, 0.2) is 29.1 Å². The predicted molar refractivity (Wildman–Crippen MR) is 97.3 cm³/mol. The molecule has 0 spiro atoms. The first-order valence-electron chi connectivity index (χ1n) is 9.01. The minimum absolute atomic E-state index is 0.230. The second-order valence-corrected chi connectivity index (χ2v) is 6.87. The zero-order valence-corrected chi connectivity index (χ0v) is 14.8. The summed E-state index contributed by atoms with van der Waals surface area (Å²) >= 11 is 0. The van der Waals surface area contributed by atoms with Gasteiger partial charge in [0.2, 0.25) is 5.91 Å². The van der Waals surface area contributed by atoms with Crippen molar-refractivity contribution >= 4 is 22.6 Å². The number of fused-ring (bicyclic) bond motifs is 1. The van der Waals surface area contributed by atoms with Crippen LogP contribution in [0.2, 0.25) is 0 Å². The number of hydrogen-bond acceptors (Lipinski definition) is 4. The van der Waals surface area contributed by atoms with Crippen molar-refractivity contribution in [1.82, 2.24) is 15.1 Å². The first-order valence-corrected chi connectivity index (χ1v) is 9.01. The molecule has 1 aromatic heterocycles. The molecule has 1 heterocycles. The van der Waals surface area contributed by atoms with Crippen molar-refractivity contribution in [1.29, 1.82) is 0 Å². The average Bonchev–Trinajstić information content (AvgIpc) is 2.66. The molecule has 0 aliphatic heterocycles. The number of nitrogens with zero attached hydrogens (tertiary/aromatic N) is 2. The molecule has 26 heavy (non-hydrogen) atoms. The van der Waals surface area contributed by atoms with E-state index in [0.717, 1.165) is 17.5 Å². The van der Waals surface area contributed by atoms with Crippen molar-refractivity contribution in [3.8, 4) is 0 Å². The number of amides is 1. The smallest absolute Gasteiger partial charge is 0.357 e. The Hall–Kier alpha value is -2.70. The van der Waals surface area contributed by atoms with Gasteiger partial charge in [-0.3, -0.25) is 9.59 Å². The van der Waals surface area contributed by atoms with Gasteiger partial charge in [0.05, 0.1) is 5.39 Å². The molecule has 1 aliphatic rings. The molecular formula is C19H23N3O4. The standard InChI is InChI=1S/C19H23N3O4/c1-12(17(23)20-11-13-7-3-2-4-8-13)22-18(24)15-10-6-5-9-14(15)16(21-22)19(25)26/h5-6,9-10,12-13H,2-4,7-8,11H2,1H3,(H,20,23)(H,25,26). The summed E-state index contributed by atoms with van der Waals surface area (Å²) in [4.78, 5) is 36.7. The van der Waals surface area contributed by atoms with E-state index in [0.29, 0.717) is 12.5 Å². The molecule has 1 atom stereocenters. The van der Waals surface area contributed by atoms with Gasteiger partial charge < -0.3 is 10.4 Å². The van der Waals surface area contributed by atoms with Gasteiger partial charge >= 0.3 is 5.97 Å². The van der Waals surface area contributed by atoms with Crippen molar-refractivity contribution in [2.75, 3.05) is 6.54 Å². The molecule has 0 radical (unpaired) electrons. The molecule has 0 saturated heterocycles. The maximum absolute atomic E-state index is 12.7. The van der Waals surface area contributed by atoms with E-state index in [-0.39, 0.29) is 22.4 Å². The van der Waals surface area contributed by atoms with Crippen molar-refractivity contribution in [2.45, 2.75) is 45.1 Å². The molecule has 2 aromatic rings. The minimum Gasteiger partial charge on any atom is -0.476 e. The quantitative estimate of drug-likeness (QED) is 0.855. The van der Waals surface area contributed by atoms with Crippen LogP contribution in [-0.2, 0) is 4.79 Å². The number of aromatic carboxylic acids is 1. The molecule has 1 saturated carbocycles. The van der Waals surface area contributed by atoms with E-state index >= 15 is 0 Å². The minimum atomic E-state index is -1.23. The lowest BCUT2D eigenvalue weighted by Gasteiger charge is -2.23. The monoisotopic (exact) mass is 357 g/mol. The summed E-state index contributed by atoms with van der Waals surface area (Å²) in [7, 11) is 0. The summed E-state index contributed by atoms with van der Waals surface area (Å²) in [5.74, 6) is -1.09. The highest BCUT2D eigenvalue weighted by molar-refractivity contribution is 6.01. The Labute approximate surface area is 151 Å². The Balaban J connectivity index is 1.86. The first kappa shape index (κ1) is 18.1. The van der Waals surface area contributed by atoms with E-state index in [2.05, 4.69) is 10.4 Å². The topological polar surface area (TPSA) is 101 Å². The maximum atomic E-state index is 12.7. The summed E-state index contributed by atoms with van der Waals surface area (Å²) < 4.78 is 0.974. The van der Waals surface area contributed by atoms with Crippen LogP contribution >= 0.6 is 0 Å². The number of aromatic nitrogens is 2. The molecule has 138 valence electrons. The Morgan fingerprint density at radius 2 is 1.88 bits per heavy atom. The number of nitrogens with one attached hydrogen (secondary N) is 1. The number of benzene rings is 1. The molecule has 1 aromatic carbocycles. The van der Waals surface area contributed by atoms with E-state index in [4.69, 9.17) is 0 Å². The van der Waals surface area contributed by atoms with Gasteiger partial charge in [0.15, 0.2) is 5.69 Å².